The number of carbonyl (C=O) groups is 1. The Morgan fingerprint density at radius 2 is 2.00 bits per heavy atom. The van der Waals surface area contributed by atoms with E-state index in [1.54, 1.807) is 26.0 Å². The van der Waals surface area contributed by atoms with Crippen molar-refractivity contribution < 1.29 is 14.6 Å². The van der Waals surface area contributed by atoms with Crippen molar-refractivity contribution in [2.75, 3.05) is 6.61 Å². The van der Waals surface area contributed by atoms with E-state index in [9.17, 15) is 4.79 Å². The van der Waals surface area contributed by atoms with Gasteiger partial charge in [0.2, 0.25) is 0 Å². The molecule has 0 aliphatic carbocycles. The zero-order chi connectivity index (χ0) is 11.9. The lowest BCUT2D eigenvalue weighted by Gasteiger charge is -2.21. The minimum atomic E-state index is -0.648. The fourth-order valence-electron chi connectivity index (χ4n) is 0.980. The first-order chi connectivity index (χ1) is 6.97. The second kappa shape index (κ2) is 6.40. The predicted molar refractivity (Wildman–Crippen MR) is 60.1 cm³/mol. The summed E-state index contributed by atoms with van der Waals surface area (Å²) in [5.74, 6) is 0.219. The highest BCUT2D eigenvalue weighted by atomic mass is 16.5. The molecule has 0 saturated carbocycles. The molecule has 0 rings (SSSR count). The number of rotatable bonds is 5. The summed E-state index contributed by atoms with van der Waals surface area (Å²) in [6, 6.07) is 0. The van der Waals surface area contributed by atoms with E-state index in [1.807, 2.05) is 19.9 Å². The van der Waals surface area contributed by atoms with E-state index in [4.69, 9.17) is 9.84 Å². The van der Waals surface area contributed by atoms with Crippen molar-refractivity contribution in [3.05, 3.63) is 24.0 Å². The van der Waals surface area contributed by atoms with Crippen LogP contribution in [0.15, 0.2) is 24.0 Å². The first-order valence-corrected chi connectivity index (χ1v) is 5.10. The molecule has 0 fully saturated rings. The first kappa shape index (κ1) is 13.9. The Morgan fingerprint density at radius 3 is 2.40 bits per heavy atom. The zero-order valence-corrected chi connectivity index (χ0v) is 9.91. The smallest absolute Gasteiger partial charge is 0.316 e. The number of hydrogen-bond acceptors (Lipinski definition) is 3. The van der Waals surface area contributed by atoms with Crippen LogP contribution in [0.5, 0.6) is 0 Å². The first-order valence-electron chi connectivity index (χ1n) is 5.10. The van der Waals surface area contributed by atoms with Gasteiger partial charge >= 0.3 is 5.97 Å². The summed E-state index contributed by atoms with van der Waals surface area (Å²) in [6.45, 7) is 7.16. The molecule has 0 bridgehead atoms. The Morgan fingerprint density at radius 1 is 1.40 bits per heavy atom. The largest absolute Gasteiger partial charge is 0.427 e. The quantitative estimate of drug-likeness (QED) is 0.432. The summed E-state index contributed by atoms with van der Waals surface area (Å²) in [6.07, 6.45) is 5.67. The van der Waals surface area contributed by atoms with Crippen LogP contribution in [0.1, 0.15) is 34.1 Å². The van der Waals surface area contributed by atoms with E-state index in [-0.39, 0.29) is 12.6 Å². The molecular weight excluding hydrogens is 192 g/mol. The molecule has 0 aliphatic heterocycles. The van der Waals surface area contributed by atoms with Crippen LogP contribution in [0.25, 0.3) is 0 Å². The molecule has 15 heavy (non-hydrogen) atoms. The maximum Gasteiger partial charge on any atom is 0.316 e. The van der Waals surface area contributed by atoms with Gasteiger partial charge in [0.15, 0.2) is 0 Å². The average molecular weight is 212 g/mol. The van der Waals surface area contributed by atoms with E-state index in [2.05, 4.69) is 0 Å². The summed E-state index contributed by atoms with van der Waals surface area (Å²) in [5, 5.41) is 8.81. The molecule has 86 valence electrons. The molecule has 0 unspecified atom stereocenters. The van der Waals surface area contributed by atoms with Crippen molar-refractivity contribution in [3.63, 3.8) is 0 Å². The van der Waals surface area contributed by atoms with Gasteiger partial charge in [0.05, 0.1) is 5.41 Å². The summed E-state index contributed by atoms with van der Waals surface area (Å²) in [7, 11) is 0. The standard InChI is InChI=1S/C12H20O3/c1-5-7-10(6-2)15-11(14)12(3,4)8-9-13/h5-7,13H,8-9H2,1-4H3. The lowest BCUT2D eigenvalue weighted by molar-refractivity contribution is -0.149. The molecule has 0 atom stereocenters. The van der Waals surface area contributed by atoms with Crippen LogP contribution in [0.2, 0.25) is 0 Å². The van der Waals surface area contributed by atoms with Crippen LogP contribution in [-0.4, -0.2) is 17.7 Å². The molecule has 0 aromatic carbocycles. The highest BCUT2D eigenvalue weighted by Crippen LogP contribution is 2.23. The number of hydrogen-bond donors (Lipinski definition) is 1. The predicted octanol–water partition coefficient (Wildman–Crippen LogP) is 2.42. The summed E-state index contributed by atoms with van der Waals surface area (Å²) in [5.41, 5.74) is -0.648. The van der Waals surface area contributed by atoms with Gasteiger partial charge in [-0.1, -0.05) is 6.08 Å². The molecule has 0 heterocycles. The normalized spacial score (nSPS) is 13.3. The lowest BCUT2D eigenvalue weighted by atomic mass is 9.90. The monoisotopic (exact) mass is 212 g/mol. The molecule has 0 spiro atoms. The zero-order valence-electron chi connectivity index (χ0n) is 9.91. The molecule has 3 heteroatoms. The van der Waals surface area contributed by atoms with Crippen LogP contribution >= 0.6 is 0 Å². The second-order valence-corrected chi connectivity index (χ2v) is 3.94. The maximum atomic E-state index is 11.7. The van der Waals surface area contributed by atoms with E-state index in [0.29, 0.717) is 12.2 Å². The van der Waals surface area contributed by atoms with Gasteiger partial charge in [0.1, 0.15) is 5.76 Å². The Labute approximate surface area is 91.4 Å². The summed E-state index contributed by atoms with van der Waals surface area (Å²) < 4.78 is 5.18. The fourth-order valence-corrected chi connectivity index (χ4v) is 0.980. The van der Waals surface area contributed by atoms with Gasteiger partial charge in [-0.2, -0.15) is 0 Å². The second-order valence-electron chi connectivity index (χ2n) is 3.94. The van der Waals surface area contributed by atoms with Crippen molar-refractivity contribution in [1.29, 1.82) is 0 Å². The van der Waals surface area contributed by atoms with Crippen LogP contribution in [0.3, 0.4) is 0 Å². The molecule has 0 amide bonds. The number of aliphatic hydroxyl groups is 1. The minimum Gasteiger partial charge on any atom is -0.427 e. The third-order valence-electron chi connectivity index (χ3n) is 2.12. The van der Waals surface area contributed by atoms with Crippen LogP contribution in [-0.2, 0) is 9.53 Å². The summed E-state index contributed by atoms with van der Waals surface area (Å²) >= 11 is 0. The van der Waals surface area contributed by atoms with Gasteiger partial charge in [-0.05, 0) is 46.3 Å². The van der Waals surface area contributed by atoms with Crippen molar-refractivity contribution in [3.8, 4) is 0 Å². The average Bonchev–Trinajstić information content (AvgIpc) is 2.16. The van der Waals surface area contributed by atoms with Crippen molar-refractivity contribution >= 4 is 5.97 Å². The topological polar surface area (TPSA) is 46.5 Å². The number of aliphatic hydroxyl groups excluding tert-OH is 1. The van der Waals surface area contributed by atoms with Crippen molar-refractivity contribution in [2.45, 2.75) is 34.1 Å². The van der Waals surface area contributed by atoms with Crippen molar-refractivity contribution in [1.82, 2.24) is 0 Å². The molecule has 0 saturated heterocycles. The Hall–Kier alpha value is -1.09. The molecule has 0 aromatic rings. The number of esters is 1. The Kier molecular flexibility index (Phi) is 5.94. The third-order valence-corrected chi connectivity index (χ3v) is 2.12. The summed E-state index contributed by atoms with van der Waals surface area (Å²) in [4.78, 5) is 11.7. The van der Waals surface area contributed by atoms with Gasteiger partial charge in [0, 0.05) is 6.61 Å². The molecule has 3 nitrogen and oxygen atoms in total. The molecule has 0 radical (unpaired) electrons. The van der Waals surface area contributed by atoms with Gasteiger partial charge in [-0.25, -0.2) is 0 Å². The van der Waals surface area contributed by atoms with E-state index in [0.717, 1.165) is 0 Å². The van der Waals surface area contributed by atoms with Crippen LogP contribution < -0.4 is 0 Å². The number of allylic oxidation sites excluding steroid dienone is 3. The SMILES string of the molecule is CC=CC(=CC)OC(=O)C(C)(C)CCO. The fraction of sp³-hybridized carbons (Fsp3) is 0.583. The maximum absolute atomic E-state index is 11.7. The van der Waals surface area contributed by atoms with Gasteiger partial charge < -0.3 is 9.84 Å². The van der Waals surface area contributed by atoms with Gasteiger partial charge in [0.25, 0.3) is 0 Å². The van der Waals surface area contributed by atoms with Gasteiger partial charge in [-0.3, -0.25) is 4.79 Å². The van der Waals surface area contributed by atoms with E-state index >= 15 is 0 Å². The van der Waals surface area contributed by atoms with Gasteiger partial charge in [-0.15, -0.1) is 0 Å². The molecular formula is C12H20O3. The number of carbonyl (C=O) groups excluding carboxylic acids is 1. The van der Waals surface area contributed by atoms with E-state index in [1.165, 1.54) is 0 Å². The third kappa shape index (κ3) is 4.79. The number of ether oxygens (including phenoxy) is 1. The Balaban J connectivity index is 4.47. The van der Waals surface area contributed by atoms with Crippen molar-refractivity contribution in [2.24, 2.45) is 5.41 Å². The van der Waals surface area contributed by atoms with Crippen LogP contribution in [0, 0.1) is 5.41 Å². The lowest BCUT2D eigenvalue weighted by Crippen LogP contribution is -2.27. The molecule has 1 N–H and O–H groups in total. The highest BCUT2D eigenvalue weighted by molar-refractivity contribution is 5.77. The Bertz CT molecular complexity index is 262. The minimum absolute atomic E-state index is 0.0170. The molecule has 0 aromatic heterocycles. The molecule has 0 aliphatic rings. The van der Waals surface area contributed by atoms with E-state index < -0.39 is 5.41 Å². The highest BCUT2D eigenvalue weighted by Gasteiger charge is 2.29. The van der Waals surface area contributed by atoms with Crippen LogP contribution in [0.4, 0.5) is 0 Å².